The van der Waals surface area contributed by atoms with Gasteiger partial charge in [-0.2, -0.15) is 0 Å². The van der Waals surface area contributed by atoms with Gasteiger partial charge in [-0.05, 0) is 30.7 Å². The number of hydrogen-bond acceptors (Lipinski definition) is 4. The average Bonchev–Trinajstić information content (AvgIpc) is 2.80. The molecule has 1 saturated heterocycles. The number of carbonyl (C=O) groups is 1. The Balaban J connectivity index is 1.36. The van der Waals surface area contributed by atoms with E-state index < -0.39 is 0 Å². The second kappa shape index (κ2) is 9.86. The Bertz CT molecular complexity index is 753. The summed E-state index contributed by atoms with van der Waals surface area (Å²) in [5.74, 6) is 1.94. The zero-order valence-corrected chi connectivity index (χ0v) is 17.2. The van der Waals surface area contributed by atoms with E-state index in [0.717, 1.165) is 44.1 Å². The standard InChI is InChI=1S/C24H32N4O/c29-24(21-11-15-28(16-12-21)23-18-25-13-14-26-23)27-22(20-9-5-2-6-10-20)17-19-7-3-1-4-8-19/h2,5-6,9-10,13-14,18-19,21-22H,1,3-4,7-8,11-12,15-17H2,(H,27,29). The Morgan fingerprint density at radius 2 is 1.79 bits per heavy atom. The Morgan fingerprint density at radius 3 is 2.48 bits per heavy atom. The van der Waals surface area contributed by atoms with Gasteiger partial charge >= 0.3 is 0 Å². The maximum atomic E-state index is 13.1. The molecule has 1 aromatic heterocycles. The lowest BCUT2D eigenvalue weighted by Gasteiger charge is -2.33. The SMILES string of the molecule is O=C(NC(CC1CCCCC1)c1ccccc1)C1CCN(c2cnccn2)CC1. The molecule has 0 spiro atoms. The molecule has 5 nitrogen and oxygen atoms in total. The fourth-order valence-corrected chi connectivity index (χ4v) is 4.83. The van der Waals surface area contributed by atoms with Gasteiger partial charge < -0.3 is 10.2 Å². The Kier molecular flexibility index (Phi) is 6.75. The van der Waals surface area contributed by atoms with Crippen molar-refractivity contribution in [3.05, 3.63) is 54.5 Å². The molecule has 154 valence electrons. The highest BCUT2D eigenvalue weighted by molar-refractivity contribution is 5.79. The van der Waals surface area contributed by atoms with Gasteiger partial charge in [0.25, 0.3) is 0 Å². The maximum absolute atomic E-state index is 13.1. The third-order valence-electron chi connectivity index (χ3n) is 6.55. The fourth-order valence-electron chi connectivity index (χ4n) is 4.83. The highest BCUT2D eigenvalue weighted by Crippen LogP contribution is 2.32. The van der Waals surface area contributed by atoms with Crippen molar-refractivity contribution in [3.63, 3.8) is 0 Å². The van der Waals surface area contributed by atoms with Gasteiger partial charge in [-0.1, -0.05) is 62.4 Å². The third-order valence-corrected chi connectivity index (χ3v) is 6.55. The second-order valence-electron chi connectivity index (χ2n) is 8.54. The molecule has 0 radical (unpaired) electrons. The van der Waals surface area contributed by atoms with Crippen molar-refractivity contribution < 1.29 is 4.79 Å². The molecule has 29 heavy (non-hydrogen) atoms. The van der Waals surface area contributed by atoms with E-state index in [0.29, 0.717) is 0 Å². The van der Waals surface area contributed by atoms with Gasteiger partial charge in [0.1, 0.15) is 5.82 Å². The molecule has 0 bridgehead atoms. The predicted molar refractivity (Wildman–Crippen MR) is 115 cm³/mol. The first-order valence-corrected chi connectivity index (χ1v) is 11.2. The van der Waals surface area contributed by atoms with Crippen molar-refractivity contribution in [2.24, 2.45) is 11.8 Å². The van der Waals surface area contributed by atoms with E-state index >= 15 is 0 Å². The van der Waals surface area contributed by atoms with Crippen molar-refractivity contribution in [1.29, 1.82) is 0 Å². The van der Waals surface area contributed by atoms with Gasteiger partial charge in [-0.25, -0.2) is 4.98 Å². The summed E-state index contributed by atoms with van der Waals surface area (Å²) in [6.07, 6.45) is 14.7. The molecule has 1 N–H and O–H groups in total. The van der Waals surface area contributed by atoms with Crippen LogP contribution in [0.3, 0.4) is 0 Å². The largest absolute Gasteiger partial charge is 0.355 e. The molecule has 1 aromatic carbocycles. The molecule has 1 unspecified atom stereocenters. The minimum absolute atomic E-state index is 0.0838. The number of benzene rings is 1. The number of aromatic nitrogens is 2. The zero-order chi connectivity index (χ0) is 19.9. The van der Waals surface area contributed by atoms with Crippen LogP contribution in [0.2, 0.25) is 0 Å². The number of hydrogen-bond donors (Lipinski definition) is 1. The molecule has 1 aliphatic carbocycles. The molecule has 1 aliphatic heterocycles. The number of piperidine rings is 1. The zero-order valence-electron chi connectivity index (χ0n) is 17.2. The van der Waals surface area contributed by atoms with Crippen LogP contribution in [0.25, 0.3) is 0 Å². The molecular formula is C24H32N4O. The van der Waals surface area contributed by atoms with Crippen LogP contribution in [-0.4, -0.2) is 29.0 Å². The van der Waals surface area contributed by atoms with Crippen LogP contribution in [0.5, 0.6) is 0 Å². The number of amides is 1. The Hall–Kier alpha value is -2.43. The molecule has 5 heteroatoms. The summed E-state index contributed by atoms with van der Waals surface area (Å²) in [6.45, 7) is 1.71. The van der Waals surface area contributed by atoms with E-state index in [-0.39, 0.29) is 17.9 Å². The molecule has 2 fully saturated rings. The maximum Gasteiger partial charge on any atom is 0.223 e. The molecule has 1 saturated carbocycles. The van der Waals surface area contributed by atoms with Crippen LogP contribution >= 0.6 is 0 Å². The molecule has 4 rings (SSSR count). The number of rotatable bonds is 6. The van der Waals surface area contributed by atoms with Gasteiger partial charge in [0.15, 0.2) is 0 Å². The first-order chi connectivity index (χ1) is 14.3. The summed E-state index contributed by atoms with van der Waals surface area (Å²) >= 11 is 0. The molecule has 2 aliphatic rings. The Morgan fingerprint density at radius 1 is 1.03 bits per heavy atom. The van der Waals surface area contributed by atoms with Gasteiger partial charge in [-0.3, -0.25) is 9.78 Å². The smallest absolute Gasteiger partial charge is 0.223 e. The fraction of sp³-hybridized carbons (Fsp3) is 0.542. The summed E-state index contributed by atoms with van der Waals surface area (Å²) in [5.41, 5.74) is 1.24. The minimum Gasteiger partial charge on any atom is -0.355 e. The predicted octanol–water partition coefficient (Wildman–Crippen LogP) is 4.52. The summed E-state index contributed by atoms with van der Waals surface area (Å²) in [5, 5.41) is 3.42. The third kappa shape index (κ3) is 5.34. The van der Waals surface area contributed by atoms with Gasteiger partial charge in [0.05, 0.1) is 12.2 Å². The quantitative estimate of drug-likeness (QED) is 0.785. The van der Waals surface area contributed by atoms with Crippen LogP contribution in [0.4, 0.5) is 5.82 Å². The topological polar surface area (TPSA) is 58.1 Å². The minimum atomic E-state index is 0.0838. The normalized spacial score (nSPS) is 19.7. The molecular weight excluding hydrogens is 360 g/mol. The van der Waals surface area contributed by atoms with Gasteiger partial charge in [-0.15, -0.1) is 0 Å². The van der Waals surface area contributed by atoms with E-state index in [1.54, 1.807) is 18.6 Å². The van der Waals surface area contributed by atoms with E-state index in [1.165, 1.54) is 37.7 Å². The van der Waals surface area contributed by atoms with E-state index in [4.69, 9.17) is 0 Å². The Labute approximate surface area is 173 Å². The van der Waals surface area contributed by atoms with Gasteiger partial charge in [0, 0.05) is 31.4 Å². The van der Waals surface area contributed by atoms with E-state index in [1.807, 2.05) is 6.07 Å². The summed E-state index contributed by atoms with van der Waals surface area (Å²) < 4.78 is 0. The van der Waals surface area contributed by atoms with Crippen LogP contribution < -0.4 is 10.2 Å². The monoisotopic (exact) mass is 392 g/mol. The van der Waals surface area contributed by atoms with Gasteiger partial charge in [0.2, 0.25) is 5.91 Å². The van der Waals surface area contributed by atoms with Crippen LogP contribution in [0, 0.1) is 11.8 Å². The lowest BCUT2D eigenvalue weighted by atomic mass is 9.83. The van der Waals surface area contributed by atoms with Crippen molar-refractivity contribution in [3.8, 4) is 0 Å². The molecule has 2 heterocycles. The number of carbonyl (C=O) groups excluding carboxylic acids is 1. The summed E-state index contributed by atoms with van der Waals surface area (Å²) in [4.78, 5) is 23.9. The average molecular weight is 393 g/mol. The highest BCUT2D eigenvalue weighted by atomic mass is 16.1. The first-order valence-electron chi connectivity index (χ1n) is 11.2. The lowest BCUT2D eigenvalue weighted by molar-refractivity contribution is -0.126. The summed E-state index contributed by atoms with van der Waals surface area (Å²) in [7, 11) is 0. The molecule has 2 aromatic rings. The molecule has 1 atom stereocenters. The number of nitrogens with zero attached hydrogens (tertiary/aromatic N) is 3. The van der Waals surface area contributed by atoms with Crippen molar-refractivity contribution in [2.75, 3.05) is 18.0 Å². The van der Waals surface area contributed by atoms with Crippen LogP contribution in [0.1, 0.15) is 63.0 Å². The van der Waals surface area contributed by atoms with Crippen molar-refractivity contribution in [1.82, 2.24) is 15.3 Å². The lowest BCUT2D eigenvalue weighted by Crippen LogP contribution is -2.42. The summed E-state index contributed by atoms with van der Waals surface area (Å²) in [6, 6.07) is 10.6. The van der Waals surface area contributed by atoms with E-state index in [2.05, 4.69) is 44.5 Å². The van der Waals surface area contributed by atoms with Crippen molar-refractivity contribution >= 4 is 11.7 Å². The second-order valence-corrected chi connectivity index (χ2v) is 8.54. The van der Waals surface area contributed by atoms with Crippen LogP contribution in [0.15, 0.2) is 48.9 Å². The van der Waals surface area contributed by atoms with Crippen molar-refractivity contribution in [2.45, 2.75) is 57.4 Å². The number of anilines is 1. The first kappa shape index (κ1) is 19.9. The number of nitrogens with one attached hydrogen (secondary N) is 1. The van der Waals surface area contributed by atoms with Crippen LogP contribution in [-0.2, 0) is 4.79 Å². The highest BCUT2D eigenvalue weighted by Gasteiger charge is 2.28. The van der Waals surface area contributed by atoms with E-state index in [9.17, 15) is 4.79 Å². The molecule has 1 amide bonds.